The van der Waals surface area contributed by atoms with E-state index in [2.05, 4.69) is 10.6 Å². The average Bonchev–Trinajstić information content (AvgIpc) is 3.30. The molecule has 1 aliphatic rings. The van der Waals surface area contributed by atoms with Crippen LogP contribution in [0.15, 0.2) is 48.5 Å². The summed E-state index contributed by atoms with van der Waals surface area (Å²) in [7, 11) is 0. The fourth-order valence-corrected chi connectivity index (χ4v) is 2.56. The molecule has 0 spiro atoms. The molecule has 4 nitrogen and oxygen atoms in total. The Morgan fingerprint density at radius 1 is 1.13 bits per heavy atom. The quantitative estimate of drug-likeness (QED) is 0.762. The maximum atomic E-state index is 12.4. The van der Waals surface area contributed by atoms with E-state index in [4.69, 9.17) is 17.3 Å². The Morgan fingerprint density at radius 3 is 2.57 bits per heavy atom. The first-order valence-electron chi connectivity index (χ1n) is 7.71. The van der Waals surface area contributed by atoms with Gasteiger partial charge in [-0.3, -0.25) is 4.79 Å². The summed E-state index contributed by atoms with van der Waals surface area (Å²) in [5, 5.41) is 6.92. The highest BCUT2D eigenvalue weighted by atomic mass is 35.5. The number of carbonyl (C=O) groups excluding carboxylic acids is 1. The van der Waals surface area contributed by atoms with E-state index in [-0.39, 0.29) is 11.4 Å². The number of halogens is 1. The second kappa shape index (κ2) is 6.60. The maximum Gasteiger partial charge on any atom is 0.253 e. The van der Waals surface area contributed by atoms with Gasteiger partial charge >= 0.3 is 0 Å². The van der Waals surface area contributed by atoms with Crippen molar-refractivity contribution in [3.63, 3.8) is 0 Å². The van der Waals surface area contributed by atoms with E-state index in [0.717, 1.165) is 24.1 Å². The van der Waals surface area contributed by atoms with E-state index < -0.39 is 0 Å². The number of para-hydroxylation sites is 1. The Morgan fingerprint density at radius 2 is 1.83 bits per heavy atom. The van der Waals surface area contributed by atoms with Crippen LogP contribution in [-0.2, 0) is 6.54 Å². The summed E-state index contributed by atoms with van der Waals surface area (Å²) in [6.45, 7) is 1.08. The molecule has 2 aromatic carbocycles. The molecule has 0 unspecified atom stereocenters. The molecule has 0 atom stereocenters. The molecule has 5 heteroatoms. The summed E-state index contributed by atoms with van der Waals surface area (Å²) in [6, 6.07) is 15.1. The van der Waals surface area contributed by atoms with Crippen molar-refractivity contribution in [2.45, 2.75) is 24.9 Å². The van der Waals surface area contributed by atoms with Crippen LogP contribution < -0.4 is 16.4 Å². The van der Waals surface area contributed by atoms with Crippen LogP contribution in [0.3, 0.4) is 0 Å². The third-order valence-electron chi connectivity index (χ3n) is 4.09. The average molecular weight is 330 g/mol. The van der Waals surface area contributed by atoms with Crippen LogP contribution in [0, 0.1) is 0 Å². The molecule has 0 saturated heterocycles. The summed E-state index contributed by atoms with van der Waals surface area (Å²) in [5.74, 6) is -0.107. The lowest BCUT2D eigenvalue weighted by molar-refractivity contribution is 0.0950. The van der Waals surface area contributed by atoms with E-state index in [0.29, 0.717) is 23.7 Å². The van der Waals surface area contributed by atoms with Gasteiger partial charge < -0.3 is 16.4 Å². The fourth-order valence-electron chi connectivity index (χ4n) is 2.36. The van der Waals surface area contributed by atoms with Gasteiger partial charge in [0.2, 0.25) is 0 Å². The van der Waals surface area contributed by atoms with Crippen molar-refractivity contribution in [3.8, 4) is 0 Å². The number of rotatable bonds is 6. The predicted molar refractivity (Wildman–Crippen MR) is 93.7 cm³/mol. The van der Waals surface area contributed by atoms with E-state index in [1.54, 1.807) is 6.07 Å². The zero-order valence-corrected chi connectivity index (χ0v) is 13.6. The molecule has 0 radical (unpaired) electrons. The van der Waals surface area contributed by atoms with Crippen LogP contribution in [-0.4, -0.2) is 18.0 Å². The molecule has 120 valence electrons. The van der Waals surface area contributed by atoms with Gasteiger partial charge in [0.15, 0.2) is 0 Å². The first-order chi connectivity index (χ1) is 11.1. The molecule has 4 N–H and O–H groups in total. The lowest BCUT2D eigenvalue weighted by Gasteiger charge is -2.14. The molecule has 23 heavy (non-hydrogen) atoms. The Kier molecular flexibility index (Phi) is 4.55. The van der Waals surface area contributed by atoms with Crippen LogP contribution in [0.1, 0.15) is 28.8 Å². The molecule has 1 aliphatic carbocycles. The molecule has 0 bridgehead atoms. The van der Waals surface area contributed by atoms with Gasteiger partial charge in [-0.15, -0.1) is 0 Å². The van der Waals surface area contributed by atoms with Gasteiger partial charge in [0.1, 0.15) is 0 Å². The van der Waals surface area contributed by atoms with Crippen molar-refractivity contribution in [2.24, 2.45) is 5.73 Å². The number of amides is 1. The largest absolute Gasteiger partial charge is 0.380 e. The number of hydrogen-bond donors (Lipinski definition) is 3. The normalized spacial score (nSPS) is 15.0. The molecule has 0 aliphatic heterocycles. The lowest BCUT2D eigenvalue weighted by atomic mass is 10.1. The summed E-state index contributed by atoms with van der Waals surface area (Å²) < 4.78 is 0. The third kappa shape index (κ3) is 4.03. The Balaban J connectivity index is 1.67. The van der Waals surface area contributed by atoms with Crippen molar-refractivity contribution < 1.29 is 4.79 Å². The van der Waals surface area contributed by atoms with Crippen LogP contribution in [0.5, 0.6) is 0 Å². The third-order valence-corrected chi connectivity index (χ3v) is 4.46. The van der Waals surface area contributed by atoms with Gasteiger partial charge in [-0.1, -0.05) is 41.9 Å². The number of benzene rings is 2. The molecule has 1 amide bonds. The zero-order valence-electron chi connectivity index (χ0n) is 12.8. The van der Waals surface area contributed by atoms with Crippen molar-refractivity contribution in [1.82, 2.24) is 5.32 Å². The predicted octanol–water partition coefficient (Wildman–Crippen LogP) is 3.17. The first kappa shape index (κ1) is 15.8. The van der Waals surface area contributed by atoms with E-state index >= 15 is 0 Å². The maximum absolute atomic E-state index is 12.4. The monoisotopic (exact) mass is 329 g/mol. The van der Waals surface area contributed by atoms with Gasteiger partial charge in [-0.25, -0.2) is 0 Å². The van der Waals surface area contributed by atoms with Crippen LogP contribution >= 0.6 is 11.6 Å². The molecule has 1 saturated carbocycles. The highest BCUT2D eigenvalue weighted by molar-refractivity contribution is 6.31. The van der Waals surface area contributed by atoms with E-state index in [9.17, 15) is 4.79 Å². The highest BCUT2D eigenvalue weighted by Gasteiger charge is 2.38. The summed E-state index contributed by atoms with van der Waals surface area (Å²) in [6.07, 6.45) is 1.94. The number of nitrogens with two attached hydrogens (primary N) is 1. The molecule has 1 fully saturated rings. The molecule has 3 rings (SSSR count). The Bertz CT molecular complexity index is 713. The molecule has 0 aromatic heterocycles. The van der Waals surface area contributed by atoms with E-state index in [1.165, 1.54) is 0 Å². The lowest BCUT2D eigenvalue weighted by Crippen LogP contribution is -2.39. The Hall–Kier alpha value is -2.04. The summed E-state index contributed by atoms with van der Waals surface area (Å²) in [5.41, 5.74) is 8.21. The smallest absolute Gasteiger partial charge is 0.253 e. The Labute approximate surface area is 141 Å². The van der Waals surface area contributed by atoms with Gasteiger partial charge in [0, 0.05) is 29.3 Å². The van der Waals surface area contributed by atoms with Gasteiger partial charge in [0.05, 0.1) is 5.56 Å². The minimum Gasteiger partial charge on any atom is -0.380 e. The molecule has 0 heterocycles. The molecular weight excluding hydrogens is 310 g/mol. The van der Waals surface area contributed by atoms with E-state index in [1.807, 2.05) is 42.5 Å². The van der Waals surface area contributed by atoms with Crippen molar-refractivity contribution in [2.75, 3.05) is 11.9 Å². The second-order valence-corrected chi connectivity index (χ2v) is 6.44. The standard InChI is InChI=1S/C18H20ClN3O/c19-15-7-3-1-5-13(15)11-21-16-8-4-2-6-14(16)17(23)22-12-18(20)9-10-18/h1-8,21H,9-12,20H2,(H,22,23). The fraction of sp³-hybridized carbons (Fsp3) is 0.278. The zero-order chi connectivity index (χ0) is 16.3. The van der Waals surface area contributed by atoms with Crippen LogP contribution in [0.25, 0.3) is 0 Å². The molecule has 2 aromatic rings. The number of hydrogen-bond acceptors (Lipinski definition) is 3. The van der Waals surface area contributed by atoms with Gasteiger partial charge in [-0.05, 0) is 36.6 Å². The van der Waals surface area contributed by atoms with Gasteiger partial charge in [-0.2, -0.15) is 0 Å². The SMILES string of the molecule is NC1(CNC(=O)c2ccccc2NCc2ccccc2Cl)CC1. The minimum absolute atomic E-state index is 0.107. The topological polar surface area (TPSA) is 67.1 Å². The first-order valence-corrected chi connectivity index (χ1v) is 8.09. The van der Waals surface area contributed by atoms with Crippen LogP contribution in [0.2, 0.25) is 5.02 Å². The van der Waals surface area contributed by atoms with Crippen molar-refractivity contribution in [1.29, 1.82) is 0 Å². The van der Waals surface area contributed by atoms with Crippen molar-refractivity contribution in [3.05, 3.63) is 64.7 Å². The van der Waals surface area contributed by atoms with Crippen molar-refractivity contribution >= 4 is 23.2 Å². The number of anilines is 1. The molecular formula is C18H20ClN3O. The summed E-state index contributed by atoms with van der Waals surface area (Å²) >= 11 is 6.17. The minimum atomic E-state index is -0.199. The highest BCUT2D eigenvalue weighted by Crippen LogP contribution is 2.31. The van der Waals surface area contributed by atoms with Crippen LogP contribution in [0.4, 0.5) is 5.69 Å². The second-order valence-electron chi connectivity index (χ2n) is 6.04. The summed E-state index contributed by atoms with van der Waals surface area (Å²) in [4.78, 5) is 12.4. The van der Waals surface area contributed by atoms with Gasteiger partial charge in [0.25, 0.3) is 5.91 Å². The number of carbonyl (C=O) groups is 1. The number of nitrogens with one attached hydrogen (secondary N) is 2.